The minimum Gasteiger partial charge on any atom is -0.399 e. The maximum Gasteiger partial charge on any atom is 0.131 e. The molecule has 0 unspecified atom stereocenters. The molecule has 0 aromatic heterocycles. The summed E-state index contributed by atoms with van der Waals surface area (Å²) in [5.41, 5.74) is 11.2. The van der Waals surface area contributed by atoms with Gasteiger partial charge >= 0.3 is 0 Å². The molecule has 0 fully saturated rings. The van der Waals surface area contributed by atoms with Gasteiger partial charge in [0.25, 0.3) is 0 Å². The molecule has 2 heteroatoms. The van der Waals surface area contributed by atoms with Crippen molar-refractivity contribution >= 4 is 5.69 Å². The third-order valence-electron chi connectivity index (χ3n) is 3.12. The zero-order valence-corrected chi connectivity index (χ0v) is 10.3. The fraction of sp³-hybridized carbons (Fsp3) is 0.200. The smallest absolute Gasteiger partial charge is 0.131 e. The summed E-state index contributed by atoms with van der Waals surface area (Å²) in [5, 5.41) is 0. The molecule has 0 saturated carbocycles. The summed E-state index contributed by atoms with van der Waals surface area (Å²) in [7, 11) is 0. The lowest BCUT2D eigenvalue weighted by molar-refractivity contribution is 0.631. The zero-order chi connectivity index (χ0) is 12.6. The Morgan fingerprint density at radius 2 is 1.47 bits per heavy atom. The summed E-state index contributed by atoms with van der Waals surface area (Å²) >= 11 is 0. The van der Waals surface area contributed by atoms with E-state index in [2.05, 4.69) is 13.0 Å². The van der Waals surface area contributed by atoms with E-state index in [0.29, 0.717) is 11.3 Å². The van der Waals surface area contributed by atoms with Crippen molar-refractivity contribution in [2.45, 2.75) is 20.8 Å². The number of nitrogens with two attached hydrogens (primary N) is 1. The number of anilines is 1. The second kappa shape index (κ2) is 4.21. The average Bonchev–Trinajstić information content (AvgIpc) is 2.27. The van der Waals surface area contributed by atoms with Gasteiger partial charge in [-0.05, 0) is 61.2 Å². The number of hydrogen-bond donors (Lipinski definition) is 1. The Hall–Kier alpha value is -1.83. The van der Waals surface area contributed by atoms with Gasteiger partial charge in [-0.25, -0.2) is 4.39 Å². The van der Waals surface area contributed by atoms with Crippen LogP contribution in [0, 0.1) is 26.6 Å². The first-order valence-electron chi connectivity index (χ1n) is 5.62. The van der Waals surface area contributed by atoms with Gasteiger partial charge in [-0.1, -0.05) is 12.1 Å². The van der Waals surface area contributed by atoms with Crippen LogP contribution in [0.15, 0.2) is 30.3 Å². The predicted molar refractivity (Wildman–Crippen MR) is 70.5 cm³/mol. The Bertz CT molecular complexity index is 573. The molecule has 0 saturated heterocycles. The predicted octanol–water partition coefficient (Wildman–Crippen LogP) is 4.00. The van der Waals surface area contributed by atoms with Gasteiger partial charge in [0.2, 0.25) is 0 Å². The van der Waals surface area contributed by atoms with Crippen LogP contribution in [0.1, 0.15) is 16.7 Å². The van der Waals surface area contributed by atoms with Crippen molar-refractivity contribution in [2.24, 2.45) is 0 Å². The number of halogens is 1. The molecule has 0 spiro atoms. The monoisotopic (exact) mass is 229 g/mol. The Kier molecular flexibility index (Phi) is 2.88. The summed E-state index contributed by atoms with van der Waals surface area (Å²) in [5.74, 6) is -0.231. The van der Waals surface area contributed by atoms with E-state index < -0.39 is 0 Å². The largest absolute Gasteiger partial charge is 0.399 e. The summed E-state index contributed by atoms with van der Waals surface area (Å²) < 4.78 is 13.8. The lowest BCUT2D eigenvalue weighted by Crippen LogP contribution is -1.93. The average molecular weight is 229 g/mol. The standard InChI is InChI=1S/C15H16FN/c1-9-6-11(3)13(7-10(9)2)14-8-12(17)4-5-15(14)16/h4-8H,17H2,1-3H3. The lowest BCUT2D eigenvalue weighted by atomic mass is 9.95. The number of aryl methyl sites for hydroxylation is 3. The molecule has 2 rings (SSSR count). The second-order valence-corrected chi connectivity index (χ2v) is 4.49. The first-order chi connectivity index (χ1) is 7.99. The van der Waals surface area contributed by atoms with Gasteiger partial charge in [0.1, 0.15) is 5.82 Å². The van der Waals surface area contributed by atoms with Crippen molar-refractivity contribution in [2.75, 3.05) is 5.73 Å². The highest BCUT2D eigenvalue weighted by molar-refractivity contribution is 5.72. The van der Waals surface area contributed by atoms with Crippen molar-refractivity contribution in [3.8, 4) is 11.1 Å². The molecule has 0 bridgehead atoms. The minimum atomic E-state index is -0.231. The van der Waals surface area contributed by atoms with Crippen LogP contribution < -0.4 is 5.73 Å². The summed E-state index contributed by atoms with van der Waals surface area (Å²) in [6.45, 7) is 6.08. The molecule has 2 aromatic carbocycles. The summed E-state index contributed by atoms with van der Waals surface area (Å²) in [6, 6.07) is 8.77. The molecular formula is C15H16FN. The van der Waals surface area contributed by atoms with Gasteiger partial charge in [-0.3, -0.25) is 0 Å². The third kappa shape index (κ3) is 2.16. The van der Waals surface area contributed by atoms with Crippen LogP contribution in [0.3, 0.4) is 0 Å². The van der Waals surface area contributed by atoms with Crippen LogP contribution in [0.25, 0.3) is 11.1 Å². The first-order valence-corrected chi connectivity index (χ1v) is 5.62. The Morgan fingerprint density at radius 3 is 2.18 bits per heavy atom. The second-order valence-electron chi connectivity index (χ2n) is 4.49. The maximum absolute atomic E-state index is 13.8. The molecular weight excluding hydrogens is 213 g/mol. The van der Waals surface area contributed by atoms with Gasteiger partial charge in [-0.2, -0.15) is 0 Å². The summed E-state index contributed by atoms with van der Waals surface area (Å²) in [6.07, 6.45) is 0. The molecule has 17 heavy (non-hydrogen) atoms. The minimum absolute atomic E-state index is 0.231. The Labute approximate surface area is 101 Å². The maximum atomic E-state index is 13.8. The van der Waals surface area contributed by atoms with E-state index in [9.17, 15) is 4.39 Å². The zero-order valence-electron chi connectivity index (χ0n) is 10.3. The van der Waals surface area contributed by atoms with Crippen LogP contribution in [0.5, 0.6) is 0 Å². The topological polar surface area (TPSA) is 26.0 Å². The molecule has 0 radical (unpaired) electrons. The van der Waals surface area contributed by atoms with Gasteiger partial charge in [0, 0.05) is 11.3 Å². The number of hydrogen-bond acceptors (Lipinski definition) is 1. The third-order valence-corrected chi connectivity index (χ3v) is 3.12. The van der Waals surface area contributed by atoms with Gasteiger partial charge in [0.15, 0.2) is 0 Å². The van der Waals surface area contributed by atoms with Crippen LogP contribution in [-0.2, 0) is 0 Å². The lowest BCUT2D eigenvalue weighted by Gasteiger charge is -2.11. The fourth-order valence-corrected chi connectivity index (χ4v) is 2.00. The highest BCUT2D eigenvalue weighted by atomic mass is 19.1. The van der Waals surface area contributed by atoms with E-state index in [0.717, 1.165) is 16.7 Å². The molecule has 0 heterocycles. The molecule has 0 aliphatic heterocycles. The molecule has 0 aliphatic rings. The van der Waals surface area contributed by atoms with E-state index >= 15 is 0 Å². The van der Waals surface area contributed by atoms with E-state index in [4.69, 9.17) is 5.73 Å². The quantitative estimate of drug-likeness (QED) is 0.735. The molecule has 0 atom stereocenters. The SMILES string of the molecule is Cc1cc(C)c(-c2cc(N)ccc2F)cc1C. The first kappa shape index (κ1) is 11.6. The highest BCUT2D eigenvalue weighted by Gasteiger charge is 2.09. The van der Waals surface area contributed by atoms with Crippen LogP contribution in [-0.4, -0.2) is 0 Å². The molecule has 2 aromatic rings. The number of rotatable bonds is 1. The van der Waals surface area contributed by atoms with E-state index in [-0.39, 0.29) is 5.82 Å². The highest BCUT2D eigenvalue weighted by Crippen LogP contribution is 2.29. The Morgan fingerprint density at radius 1 is 0.824 bits per heavy atom. The molecule has 0 aliphatic carbocycles. The van der Waals surface area contributed by atoms with Crippen LogP contribution >= 0.6 is 0 Å². The van der Waals surface area contributed by atoms with E-state index in [1.54, 1.807) is 12.1 Å². The van der Waals surface area contributed by atoms with Crippen LogP contribution in [0.2, 0.25) is 0 Å². The molecule has 0 amide bonds. The van der Waals surface area contributed by atoms with E-state index in [1.165, 1.54) is 11.6 Å². The molecule has 2 N–H and O–H groups in total. The number of benzene rings is 2. The van der Waals surface area contributed by atoms with Gasteiger partial charge in [-0.15, -0.1) is 0 Å². The van der Waals surface area contributed by atoms with E-state index in [1.807, 2.05) is 19.9 Å². The number of nitrogen functional groups attached to an aromatic ring is 1. The van der Waals surface area contributed by atoms with Crippen molar-refractivity contribution in [1.82, 2.24) is 0 Å². The molecule has 1 nitrogen and oxygen atoms in total. The van der Waals surface area contributed by atoms with Crippen molar-refractivity contribution < 1.29 is 4.39 Å². The van der Waals surface area contributed by atoms with Crippen molar-refractivity contribution in [3.63, 3.8) is 0 Å². The Balaban J connectivity index is 2.68. The van der Waals surface area contributed by atoms with Gasteiger partial charge < -0.3 is 5.73 Å². The fourth-order valence-electron chi connectivity index (χ4n) is 2.00. The van der Waals surface area contributed by atoms with Crippen LogP contribution in [0.4, 0.5) is 10.1 Å². The normalized spacial score (nSPS) is 10.6. The van der Waals surface area contributed by atoms with Gasteiger partial charge in [0.05, 0.1) is 0 Å². The molecule has 88 valence electrons. The van der Waals surface area contributed by atoms with Crippen molar-refractivity contribution in [1.29, 1.82) is 0 Å². The summed E-state index contributed by atoms with van der Waals surface area (Å²) in [4.78, 5) is 0. The van der Waals surface area contributed by atoms with Crippen molar-refractivity contribution in [3.05, 3.63) is 52.8 Å².